The first-order valence-electron chi connectivity index (χ1n) is 8.93. The molecule has 2 N–H and O–H groups in total. The first kappa shape index (κ1) is 17.1. The fraction of sp³-hybridized carbons (Fsp3) is 0.238. The predicted octanol–water partition coefficient (Wildman–Crippen LogP) is 4.66. The summed E-state index contributed by atoms with van der Waals surface area (Å²) < 4.78 is 11.2. The molecule has 138 valence electrons. The molecule has 0 unspecified atom stereocenters. The molecule has 0 radical (unpaired) electrons. The number of rotatable bonds is 4. The molecule has 0 atom stereocenters. The highest BCUT2D eigenvalue weighted by Gasteiger charge is 2.12. The van der Waals surface area contributed by atoms with Crippen LogP contribution in [0.2, 0.25) is 0 Å². The van der Waals surface area contributed by atoms with E-state index in [4.69, 9.17) is 9.47 Å². The number of ether oxygens (including phenoxy) is 2. The Hall–Kier alpha value is -3.28. The third kappa shape index (κ3) is 3.95. The largest absolute Gasteiger partial charge is 0.486 e. The van der Waals surface area contributed by atoms with Crippen molar-refractivity contribution in [1.82, 2.24) is 9.97 Å². The van der Waals surface area contributed by atoms with Crippen LogP contribution in [0.25, 0.3) is 0 Å². The number of benzene rings is 2. The Balaban J connectivity index is 1.57. The molecule has 2 heterocycles. The highest BCUT2D eigenvalue weighted by Crippen LogP contribution is 2.33. The van der Waals surface area contributed by atoms with Crippen molar-refractivity contribution < 1.29 is 9.47 Å². The lowest BCUT2D eigenvalue weighted by atomic mass is 10.1. The van der Waals surface area contributed by atoms with Gasteiger partial charge in [-0.3, -0.25) is 0 Å². The SMILES string of the molecule is Cc1ccc(Nc2cc(C)nc(Nc3ccc4c(c3)OCCO4)n2)c(C)c1. The Labute approximate surface area is 158 Å². The van der Waals surface area contributed by atoms with Crippen molar-refractivity contribution >= 4 is 23.1 Å². The molecule has 6 nitrogen and oxygen atoms in total. The maximum absolute atomic E-state index is 5.63. The van der Waals surface area contributed by atoms with Crippen molar-refractivity contribution in [1.29, 1.82) is 0 Å². The number of fused-ring (bicyclic) bond motifs is 1. The summed E-state index contributed by atoms with van der Waals surface area (Å²) in [6, 6.07) is 13.9. The van der Waals surface area contributed by atoms with Gasteiger partial charge in [-0.1, -0.05) is 17.7 Å². The van der Waals surface area contributed by atoms with E-state index in [9.17, 15) is 0 Å². The molecule has 4 rings (SSSR count). The molecule has 1 aromatic heterocycles. The van der Waals surface area contributed by atoms with Crippen LogP contribution in [0.1, 0.15) is 16.8 Å². The van der Waals surface area contributed by atoms with Crippen LogP contribution in [0, 0.1) is 20.8 Å². The Kier molecular flexibility index (Phi) is 4.54. The van der Waals surface area contributed by atoms with E-state index >= 15 is 0 Å². The molecule has 1 aliphatic rings. The minimum Gasteiger partial charge on any atom is -0.486 e. The molecular formula is C21H22N4O2. The van der Waals surface area contributed by atoms with Crippen LogP contribution in [-0.2, 0) is 0 Å². The van der Waals surface area contributed by atoms with Gasteiger partial charge in [0.25, 0.3) is 0 Å². The fourth-order valence-corrected chi connectivity index (χ4v) is 3.03. The number of hydrogen-bond donors (Lipinski definition) is 2. The summed E-state index contributed by atoms with van der Waals surface area (Å²) >= 11 is 0. The minimum atomic E-state index is 0.527. The molecule has 2 aromatic carbocycles. The average Bonchev–Trinajstić information content (AvgIpc) is 2.63. The Morgan fingerprint density at radius 2 is 1.63 bits per heavy atom. The van der Waals surface area contributed by atoms with Gasteiger partial charge in [-0.15, -0.1) is 0 Å². The van der Waals surface area contributed by atoms with Crippen molar-refractivity contribution in [2.75, 3.05) is 23.8 Å². The zero-order valence-corrected chi connectivity index (χ0v) is 15.7. The van der Waals surface area contributed by atoms with Gasteiger partial charge in [-0.05, 0) is 44.5 Å². The van der Waals surface area contributed by atoms with Crippen LogP contribution < -0.4 is 20.1 Å². The van der Waals surface area contributed by atoms with Gasteiger partial charge in [0, 0.05) is 29.2 Å². The third-order valence-corrected chi connectivity index (χ3v) is 4.30. The Bertz CT molecular complexity index is 988. The molecule has 6 heteroatoms. The Morgan fingerprint density at radius 3 is 2.44 bits per heavy atom. The van der Waals surface area contributed by atoms with Gasteiger partial charge in [0.15, 0.2) is 11.5 Å². The number of nitrogens with one attached hydrogen (secondary N) is 2. The van der Waals surface area contributed by atoms with E-state index in [-0.39, 0.29) is 0 Å². The van der Waals surface area contributed by atoms with E-state index in [1.807, 2.05) is 31.2 Å². The molecule has 0 amide bonds. The smallest absolute Gasteiger partial charge is 0.229 e. The maximum Gasteiger partial charge on any atom is 0.229 e. The van der Waals surface area contributed by atoms with Crippen LogP contribution in [0.3, 0.4) is 0 Å². The van der Waals surface area contributed by atoms with E-state index in [0.717, 1.165) is 34.4 Å². The number of aryl methyl sites for hydroxylation is 3. The maximum atomic E-state index is 5.63. The number of hydrogen-bond acceptors (Lipinski definition) is 6. The van der Waals surface area contributed by atoms with Gasteiger partial charge in [-0.2, -0.15) is 4.98 Å². The third-order valence-electron chi connectivity index (χ3n) is 4.30. The highest BCUT2D eigenvalue weighted by molar-refractivity contribution is 5.64. The number of nitrogens with zero attached hydrogens (tertiary/aromatic N) is 2. The van der Waals surface area contributed by atoms with Crippen molar-refractivity contribution in [2.45, 2.75) is 20.8 Å². The topological polar surface area (TPSA) is 68.3 Å². The van der Waals surface area contributed by atoms with Gasteiger partial charge in [-0.25, -0.2) is 4.98 Å². The lowest BCUT2D eigenvalue weighted by molar-refractivity contribution is 0.171. The standard InChI is InChI=1S/C21H22N4O2/c1-13-4-6-17(14(2)10-13)24-20-11-15(3)22-21(25-20)23-16-5-7-18-19(12-16)27-9-8-26-18/h4-7,10-12H,8-9H2,1-3H3,(H2,22,23,24,25). The number of aromatic nitrogens is 2. The summed E-state index contributed by atoms with van der Waals surface area (Å²) in [5.74, 6) is 2.76. The fourth-order valence-electron chi connectivity index (χ4n) is 3.03. The lowest BCUT2D eigenvalue weighted by Crippen LogP contribution is -2.15. The van der Waals surface area contributed by atoms with Crippen molar-refractivity contribution in [3.05, 3.63) is 59.3 Å². The van der Waals surface area contributed by atoms with Crippen LogP contribution in [-0.4, -0.2) is 23.2 Å². The molecule has 3 aromatic rings. The molecular weight excluding hydrogens is 340 g/mol. The molecule has 0 saturated carbocycles. The van der Waals surface area contributed by atoms with Gasteiger partial charge in [0.2, 0.25) is 5.95 Å². The van der Waals surface area contributed by atoms with Gasteiger partial charge in [0.05, 0.1) is 0 Å². The van der Waals surface area contributed by atoms with E-state index in [1.54, 1.807) is 0 Å². The monoisotopic (exact) mass is 362 g/mol. The molecule has 0 aliphatic carbocycles. The second-order valence-electron chi connectivity index (χ2n) is 6.64. The van der Waals surface area contributed by atoms with Gasteiger partial charge < -0.3 is 20.1 Å². The van der Waals surface area contributed by atoms with Crippen molar-refractivity contribution in [2.24, 2.45) is 0 Å². The summed E-state index contributed by atoms with van der Waals surface area (Å²) in [5, 5.41) is 6.63. The summed E-state index contributed by atoms with van der Waals surface area (Å²) in [5.41, 5.74) is 5.16. The van der Waals surface area contributed by atoms with E-state index in [0.29, 0.717) is 19.2 Å². The van der Waals surface area contributed by atoms with Crippen molar-refractivity contribution in [3.8, 4) is 11.5 Å². The molecule has 27 heavy (non-hydrogen) atoms. The van der Waals surface area contributed by atoms with E-state index in [2.05, 4.69) is 52.6 Å². The number of anilines is 4. The summed E-state index contributed by atoms with van der Waals surface area (Å²) in [6.45, 7) is 7.25. The molecule has 1 aliphatic heterocycles. The minimum absolute atomic E-state index is 0.527. The second kappa shape index (κ2) is 7.15. The molecule has 0 fully saturated rings. The average molecular weight is 362 g/mol. The van der Waals surface area contributed by atoms with Crippen LogP contribution in [0.4, 0.5) is 23.1 Å². The van der Waals surface area contributed by atoms with Crippen LogP contribution in [0.15, 0.2) is 42.5 Å². The second-order valence-corrected chi connectivity index (χ2v) is 6.64. The van der Waals surface area contributed by atoms with Crippen LogP contribution >= 0.6 is 0 Å². The van der Waals surface area contributed by atoms with E-state index in [1.165, 1.54) is 11.1 Å². The van der Waals surface area contributed by atoms with Crippen LogP contribution in [0.5, 0.6) is 11.5 Å². The predicted molar refractivity (Wildman–Crippen MR) is 107 cm³/mol. The normalized spacial score (nSPS) is 12.6. The molecule has 0 bridgehead atoms. The lowest BCUT2D eigenvalue weighted by Gasteiger charge is -2.19. The molecule has 0 spiro atoms. The highest BCUT2D eigenvalue weighted by atomic mass is 16.6. The first-order valence-corrected chi connectivity index (χ1v) is 8.93. The summed E-state index contributed by atoms with van der Waals surface area (Å²) in [4.78, 5) is 9.08. The quantitative estimate of drug-likeness (QED) is 0.703. The first-order chi connectivity index (χ1) is 13.1. The van der Waals surface area contributed by atoms with E-state index < -0.39 is 0 Å². The van der Waals surface area contributed by atoms with Gasteiger partial charge in [0.1, 0.15) is 19.0 Å². The van der Waals surface area contributed by atoms with Gasteiger partial charge >= 0.3 is 0 Å². The summed E-state index contributed by atoms with van der Waals surface area (Å²) in [6.07, 6.45) is 0. The zero-order valence-electron chi connectivity index (χ0n) is 15.7. The molecule has 0 saturated heterocycles. The Morgan fingerprint density at radius 1 is 0.815 bits per heavy atom. The summed E-state index contributed by atoms with van der Waals surface area (Å²) in [7, 11) is 0. The zero-order chi connectivity index (χ0) is 18.8. The van der Waals surface area contributed by atoms with Crippen molar-refractivity contribution in [3.63, 3.8) is 0 Å².